The van der Waals surface area contributed by atoms with Gasteiger partial charge in [0.05, 0.1) is 4.88 Å². The number of nitrogen functional groups attached to an aromatic ring is 1. The molecule has 3 N–H and O–H groups in total. The van der Waals surface area contributed by atoms with E-state index < -0.39 is 11.9 Å². The summed E-state index contributed by atoms with van der Waals surface area (Å²) >= 11 is 4.72. The summed E-state index contributed by atoms with van der Waals surface area (Å²) in [5.41, 5.74) is 6.48. The zero-order valence-electron chi connectivity index (χ0n) is 8.15. The Hall–Kier alpha value is -0.910. The van der Waals surface area contributed by atoms with Gasteiger partial charge >= 0.3 is 0 Å². The molecule has 1 aromatic heterocycles. The molecule has 1 atom stereocenters. The Bertz CT molecular complexity index is 514. The fourth-order valence-corrected chi connectivity index (χ4v) is 3.02. The summed E-state index contributed by atoms with van der Waals surface area (Å²) in [6.07, 6.45) is -0.898. The van der Waals surface area contributed by atoms with Crippen molar-refractivity contribution in [2.24, 2.45) is 0 Å². The molecule has 2 nitrogen and oxygen atoms in total. The first-order valence-corrected chi connectivity index (χ1v) is 6.22. The van der Waals surface area contributed by atoms with Crippen molar-refractivity contribution in [2.45, 2.75) is 6.10 Å². The van der Waals surface area contributed by atoms with Crippen LogP contribution in [-0.4, -0.2) is 5.11 Å². The van der Waals surface area contributed by atoms with Crippen LogP contribution in [0.25, 0.3) is 0 Å². The summed E-state index contributed by atoms with van der Waals surface area (Å²) in [6, 6.07) is 5.81. The van der Waals surface area contributed by atoms with Crippen LogP contribution in [0.15, 0.2) is 34.1 Å². The van der Waals surface area contributed by atoms with Gasteiger partial charge in [-0.3, -0.25) is 0 Å². The van der Waals surface area contributed by atoms with Crippen LogP contribution in [-0.2, 0) is 0 Å². The van der Waals surface area contributed by atoms with Gasteiger partial charge in [0.15, 0.2) is 0 Å². The number of halogens is 2. The maximum Gasteiger partial charge on any atom is 0.123 e. The highest BCUT2D eigenvalue weighted by Crippen LogP contribution is 2.35. The highest BCUT2D eigenvalue weighted by atomic mass is 79.9. The van der Waals surface area contributed by atoms with E-state index in [1.165, 1.54) is 29.5 Å². The molecule has 1 unspecified atom stereocenters. The average molecular weight is 302 g/mol. The molecular formula is C11H9BrFNOS. The van der Waals surface area contributed by atoms with Gasteiger partial charge < -0.3 is 10.8 Å². The first kappa shape index (κ1) is 11.6. The monoisotopic (exact) mass is 301 g/mol. The zero-order chi connectivity index (χ0) is 11.7. The van der Waals surface area contributed by atoms with Crippen molar-refractivity contribution in [3.8, 4) is 0 Å². The van der Waals surface area contributed by atoms with Crippen molar-refractivity contribution >= 4 is 33.0 Å². The van der Waals surface area contributed by atoms with Gasteiger partial charge in [-0.25, -0.2) is 4.39 Å². The van der Waals surface area contributed by atoms with Crippen LogP contribution < -0.4 is 5.73 Å². The van der Waals surface area contributed by atoms with E-state index in [1.807, 2.05) is 11.4 Å². The van der Waals surface area contributed by atoms with E-state index in [9.17, 15) is 9.50 Å². The van der Waals surface area contributed by atoms with E-state index in [2.05, 4.69) is 15.9 Å². The first-order chi connectivity index (χ1) is 7.59. The molecule has 2 aromatic rings. The third-order valence-corrected chi connectivity index (χ3v) is 4.16. The molecule has 0 spiro atoms. The Morgan fingerprint density at radius 2 is 2.12 bits per heavy atom. The number of rotatable bonds is 2. The third-order valence-electron chi connectivity index (χ3n) is 2.24. The second kappa shape index (κ2) is 4.53. The molecule has 0 fully saturated rings. The predicted octanol–water partition coefficient (Wildman–Crippen LogP) is 3.31. The lowest BCUT2D eigenvalue weighted by Gasteiger charge is -2.12. The van der Waals surface area contributed by atoms with E-state index >= 15 is 0 Å². The molecule has 0 saturated heterocycles. The molecule has 0 aliphatic rings. The van der Waals surface area contributed by atoms with Crippen LogP contribution in [0.2, 0.25) is 0 Å². The number of aliphatic hydroxyl groups excluding tert-OH is 1. The molecule has 5 heteroatoms. The van der Waals surface area contributed by atoms with Crippen molar-refractivity contribution in [3.05, 3.63) is 50.4 Å². The second-order valence-corrected chi connectivity index (χ2v) is 5.11. The Labute approximate surface area is 105 Å². The summed E-state index contributed by atoms with van der Waals surface area (Å²) < 4.78 is 13.9. The molecule has 16 heavy (non-hydrogen) atoms. The summed E-state index contributed by atoms with van der Waals surface area (Å²) in [7, 11) is 0. The van der Waals surface area contributed by atoms with Gasteiger partial charge in [-0.1, -0.05) is 0 Å². The fourth-order valence-electron chi connectivity index (χ4n) is 1.42. The first-order valence-electron chi connectivity index (χ1n) is 4.55. The standard InChI is InChI=1S/C11H9BrFNOS/c12-8-3-4-16-11(8)10(15)7-5-6(13)1-2-9(7)14/h1-5,10,15H,14H2. The van der Waals surface area contributed by atoms with E-state index in [-0.39, 0.29) is 0 Å². The van der Waals surface area contributed by atoms with Crippen molar-refractivity contribution in [3.63, 3.8) is 0 Å². The lowest BCUT2D eigenvalue weighted by atomic mass is 10.1. The SMILES string of the molecule is Nc1ccc(F)cc1C(O)c1sccc1Br. The minimum atomic E-state index is -0.898. The smallest absolute Gasteiger partial charge is 0.123 e. The molecule has 1 heterocycles. The molecular weight excluding hydrogens is 293 g/mol. The van der Waals surface area contributed by atoms with E-state index in [0.717, 1.165) is 9.35 Å². The van der Waals surface area contributed by atoms with Gasteiger partial charge in [-0.2, -0.15) is 0 Å². The largest absolute Gasteiger partial charge is 0.398 e. The normalized spacial score (nSPS) is 12.7. The van der Waals surface area contributed by atoms with E-state index in [1.54, 1.807) is 0 Å². The fraction of sp³-hybridized carbons (Fsp3) is 0.0909. The maximum atomic E-state index is 13.1. The molecule has 0 aliphatic carbocycles. The van der Waals surface area contributed by atoms with Crippen LogP contribution in [0.3, 0.4) is 0 Å². The van der Waals surface area contributed by atoms with Crippen LogP contribution >= 0.6 is 27.3 Å². The summed E-state index contributed by atoms with van der Waals surface area (Å²) in [4.78, 5) is 0.720. The number of nitrogens with two attached hydrogens (primary N) is 1. The van der Waals surface area contributed by atoms with Crippen molar-refractivity contribution in [1.82, 2.24) is 0 Å². The third kappa shape index (κ3) is 2.11. The maximum absolute atomic E-state index is 13.1. The molecule has 0 saturated carbocycles. The Kier molecular flexibility index (Phi) is 3.28. The Balaban J connectivity index is 2.45. The minimum absolute atomic E-state index is 0.384. The molecule has 0 aliphatic heterocycles. The second-order valence-electron chi connectivity index (χ2n) is 3.31. The van der Waals surface area contributed by atoms with Crippen LogP contribution in [0.5, 0.6) is 0 Å². The van der Waals surface area contributed by atoms with Gasteiger partial charge in [-0.15, -0.1) is 11.3 Å². The number of hydrogen-bond donors (Lipinski definition) is 2. The van der Waals surface area contributed by atoms with Gasteiger partial charge in [0.1, 0.15) is 11.9 Å². The molecule has 0 bridgehead atoms. The topological polar surface area (TPSA) is 46.2 Å². The number of benzene rings is 1. The highest BCUT2D eigenvalue weighted by Gasteiger charge is 2.18. The number of aliphatic hydroxyl groups is 1. The molecule has 0 radical (unpaired) electrons. The van der Waals surface area contributed by atoms with Crippen molar-refractivity contribution in [1.29, 1.82) is 0 Å². The summed E-state index contributed by atoms with van der Waals surface area (Å²) in [5, 5.41) is 11.9. The molecule has 0 amide bonds. The van der Waals surface area contributed by atoms with Crippen LogP contribution in [0.4, 0.5) is 10.1 Å². The lowest BCUT2D eigenvalue weighted by Crippen LogP contribution is -2.03. The van der Waals surface area contributed by atoms with Crippen molar-refractivity contribution in [2.75, 3.05) is 5.73 Å². The van der Waals surface area contributed by atoms with Crippen LogP contribution in [0.1, 0.15) is 16.5 Å². The average Bonchev–Trinajstić information content (AvgIpc) is 2.67. The Morgan fingerprint density at radius 1 is 1.38 bits per heavy atom. The van der Waals surface area contributed by atoms with E-state index in [0.29, 0.717) is 11.3 Å². The van der Waals surface area contributed by atoms with Gasteiger partial charge in [0.2, 0.25) is 0 Å². The van der Waals surface area contributed by atoms with Gasteiger partial charge in [-0.05, 0) is 45.6 Å². The van der Waals surface area contributed by atoms with Gasteiger partial charge in [0, 0.05) is 15.7 Å². The number of thiophene rings is 1. The van der Waals surface area contributed by atoms with Gasteiger partial charge in [0.25, 0.3) is 0 Å². The Morgan fingerprint density at radius 3 is 2.75 bits per heavy atom. The number of hydrogen-bond acceptors (Lipinski definition) is 3. The van der Waals surface area contributed by atoms with E-state index in [4.69, 9.17) is 5.73 Å². The molecule has 1 aromatic carbocycles. The quantitative estimate of drug-likeness (QED) is 0.836. The lowest BCUT2D eigenvalue weighted by molar-refractivity contribution is 0.223. The zero-order valence-corrected chi connectivity index (χ0v) is 10.6. The molecule has 84 valence electrons. The minimum Gasteiger partial charge on any atom is -0.398 e. The van der Waals surface area contributed by atoms with Crippen LogP contribution in [0, 0.1) is 5.82 Å². The predicted molar refractivity (Wildman–Crippen MR) is 66.9 cm³/mol. The highest BCUT2D eigenvalue weighted by molar-refractivity contribution is 9.10. The summed E-state index contributed by atoms with van der Waals surface area (Å²) in [6.45, 7) is 0. The number of anilines is 1. The van der Waals surface area contributed by atoms with Crippen molar-refractivity contribution < 1.29 is 9.50 Å². The molecule has 2 rings (SSSR count). The summed E-state index contributed by atoms with van der Waals surface area (Å²) in [5.74, 6) is -0.407.